The zero-order valence-electron chi connectivity index (χ0n) is 18.7. The van der Waals surface area contributed by atoms with Crippen molar-refractivity contribution >= 4 is 23.4 Å². The highest BCUT2D eigenvalue weighted by Gasteiger charge is 2.48. The van der Waals surface area contributed by atoms with E-state index < -0.39 is 5.54 Å². The number of nitrogens with one attached hydrogen (secondary N) is 1. The van der Waals surface area contributed by atoms with Crippen molar-refractivity contribution < 1.29 is 14.0 Å². The number of carbonyl (C=O) groups excluding carboxylic acids is 2. The molecule has 1 N–H and O–H groups in total. The number of halogens is 1. The molecule has 1 atom stereocenters. The molecule has 7 heteroatoms. The van der Waals surface area contributed by atoms with Gasteiger partial charge in [0.05, 0.1) is 18.5 Å². The number of nitrogens with zero attached hydrogens (tertiary/aromatic N) is 2. The molecule has 1 aliphatic heterocycles. The van der Waals surface area contributed by atoms with E-state index in [9.17, 15) is 9.59 Å². The fourth-order valence-electron chi connectivity index (χ4n) is 5.02. The van der Waals surface area contributed by atoms with E-state index in [1.54, 1.807) is 11.2 Å². The third-order valence-electron chi connectivity index (χ3n) is 6.96. The number of rotatable bonds is 5. The molecular formula is C26H28ClN3O3. The number of amides is 2. The van der Waals surface area contributed by atoms with E-state index in [1.165, 1.54) is 6.42 Å². The van der Waals surface area contributed by atoms with Gasteiger partial charge in [-0.2, -0.15) is 0 Å². The molecule has 3 aromatic rings. The Morgan fingerprint density at radius 1 is 1.09 bits per heavy atom. The Kier molecular flexibility index (Phi) is 5.79. The molecule has 0 radical (unpaired) electrons. The molecule has 0 bridgehead atoms. The van der Waals surface area contributed by atoms with Crippen LogP contribution in [0.4, 0.5) is 0 Å². The second-order valence-corrected chi connectivity index (χ2v) is 9.70. The number of benzene rings is 1. The Hall–Kier alpha value is -2.99. The van der Waals surface area contributed by atoms with Gasteiger partial charge in [0.25, 0.3) is 5.91 Å². The average molecular weight is 466 g/mol. The van der Waals surface area contributed by atoms with Gasteiger partial charge >= 0.3 is 0 Å². The summed E-state index contributed by atoms with van der Waals surface area (Å²) in [6.45, 7) is 2.54. The number of fused-ring (bicyclic) bond motifs is 1. The van der Waals surface area contributed by atoms with Gasteiger partial charge in [-0.15, -0.1) is 0 Å². The van der Waals surface area contributed by atoms with Crippen LogP contribution >= 0.6 is 11.6 Å². The highest BCUT2D eigenvalue weighted by atomic mass is 35.5. The van der Waals surface area contributed by atoms with Gasteiger partial charge in [-0.1, -0.05) is 43.0 Å². The molecule has 0 unspecified atom stereocenters. The number of aromatic nitrogens is 1. The topological polar surface area (TPSA) is 67.5 Å². The third kappa shape index (κ3) is 4.08. The smallest absolute Gasteiger partial charge is 0.271 e. The summed E-state index contributed by atoms with van der Waals surface area (Å²) in [6, 6.07) is 15.0. The zero-order valence-corrected chi connectivity index (χ0v) is 19.5. The Labute approximate surface area is 198 Å². The lowest BCUT2D eigenvalue weighted by Crippen LogP contribution is -2.64. The van der Waals surface area contributed by atoms with Crippen LogP contribution in [-0.4, -0.2) is 32.9 Å². The van der Waals surface area contributed by atoms with Crippen LogP contribution in [0.15, 0.2) is 59.2 Å². The first kappa shape index (κ1) is 21.8. The van der Waals surface area contributed by atoms with Crippen molar-refractivity contribution in [3.8, 4) is 11.5 Å². The lowest BCUT2D eigenvalue weighted by Gasteiger charge is -2.45. The standard InChI is InChI=1S/C26H28ClN3O3/c1-26(25(32)28-20-6-3-2-4-7-20)17-29-21(23-8-5-15-33-23)13-14-22(29)24(31)30(26)16-18-9-11-19(27)12-10-18/h5,8-15,20H,2-4,6-7,16-17H2,1H3,(H,28,32)/t26-/m0/s1. The Morgan fingerprint density at radius 3 is 2.52 bits per heavy atom. The zero-order chi connectivity index (χ0) is 23.0. The van der Waals surface area contributed by atoms with Gasteiger partial charge in [-0.25, -0.2) is 0 Å². The lowest BCUT2D eigenvalue weighted by atomic mass is 9.91. The molecular weight excluding hydrogens is 438 g/mol. The fourth-order valence-corrected chi connectivity index (χ4v) is 5.15. The molecule has 0 spiro atoms. The molecule has 1 aromatic carbocycles. The Balaban J connectivity index is 1.52. The predicted octanol–water partition coefficient (Wildman–Crippen LogP) is 5.27. The van der Waals surface area contributed by atoms with Crippen LogP contribution in [-0.2, 0) is 17.9 Å². The van der Waals surface area contributed by atoms with E-state index in [0.717, 1.165) is 36.9 Å². The van der Waals surface area contributed by atoms with E-state index in [-0.39, 0.29) is 17.9 Å². The summed E-state index contributed by atoms with van der Waals surface area (Å²) in [6.07, 6.45) is 7.05. The van der Waals surface area contributed by atoms with Crippen LogP contribution in [0.25, 0.3) is 11.5 Å². The first-order valence-corrected chi connectivity index (χ1v) is 11.9. The van der Waals surface area contributed by atoms with E-state index in [2.05, 4.69) is 5.32 Å². The van der Waals surface area contributed by atoms with Crippen molar-refractivity contribution in [2.45, 2.75) is 63.7 Å². The number of hydrogen-bond donors (Lipinski definition) is 1. The second-order valence-electron chi connectivity index (χ2n) is 9.27. The van der Waals surface area contributed by atoms with E-state index >= 15 is 0 Å². The van der Waals surface area contributed by atoms with Crippen molar-refractivity contribution in [1.29, 1.82) is 0 Å². The van der Waals surface area contributed by atoms with Crippen LogP contribution in [0.2, 0.25) is 5.02 Å². The summed E-state index contributed by atoms with van der Waals surface area (Å²) in [5, 5.41) is 3.90. The monoisotopic (exact) mass is 465 g/mol. The highest BCUT2D eigenvalue weighted by molar-refractivity contribution is 6.30. The summed E-state index contributed by atoms with van der Waals surface area (Å²) < 4.78 is 7.52. The van der Waals surface area contributed by atoms with Crippen molar-refractivity contribution in [1.82, 2.24) is 14.8 Å². The Morgan fingerprint density at radius 2 is 1.82 bits per heavy atom. The van der Waals surface area contributed by atoms with Crippen LogP contribution < -0.4 is 5.32 Å². The number of furan rings is 1. The maximum atomic E-state index is 13.8. The van der Waals surface area contributed by atoms with E-state index in [4.69, 9.17) is 16.0 Å². The van der Waals surface area contributed by atoms with Gasteiger partial charge < -0.3 is 19.2 Å². The molecule has 1 aliphatic carbocycles. The minimum Gasteiger partial charge on any atom is -0.463 e. The van der Waals surface area contributed by atoms with Gasteiger partial charge in [0, 0.05) is 17.6 Å². The van der Waals surface area contributed by atoms with Gasteiger partial charge in [-0.05, 0) is 61.7 Å². The summed E-state index contributed by atoms with van der Waals surface area (Å²) in [7, 11) is 0. The third-order valence-corrected chi connectivity index (χ3v) is 7.22. The van der Waals surface area contributed by atoms with Crippen molar-refractivity contribution in [3.63, 3.8) is 0 Å². The first-order chi connectivity index (χ1) is 16.0. The van der Waals surface area contributed by atoms with Gasteiger partial charge in [0.15, 0.2) is 0 Å². The fraction of sp³-hybridized carbons (Fsp3) is 0.385. The van der Waals surface area contributed by atoms with E-state index in [1.807, 2.05) is 60.0 Å². The lowest BCUT2D eigenvalue weighted by molar-refractivity contribution is -0.134. The highest BCUT2D eigenvalue weighted by Crippen LogP contribution is 2.35. The molecule has 3 heterocycles. The number of carbonyl (C=O) groups is 2. The van der Waals surface area contributed by atoms with Crippen LogP contribution in [0.3, 0.4) is 0 Å². The first-order valence-electron chi connectivity index (χ1n) is 11.6. The minimum atomic E-state index is -1.05. The maximum Gasteiger partial charge on any atom is 0.271 e. The molecule has 2 aromatic heterocycles. The van der Waals surface area contributed by atoms with Crippen LogP contribution in [0.1, 0.15) is 55.1 Å². The molecule has 2 amide bonds. The molecule has 2 aliphatic rings. The van der Waals surface area contributed by atoms with Crippen LogP contribution in [0, 0.1) is 0 Å². The van der Waals surface area contributed by atoms with Crippen molar-refractivity contribution in [2.75, 3.05) is 0 Å². The van der Waals surface area contributed by atoms with Crippen LogP contribution in [0.5, 0.6) is 0 Å². The SMILES string of the molecule is C[C@@]1(C(=O)NC2CCCCC2)Cn2c(ccc2-c2ccco2)C(=O)N1Cc1ccc(Cl)cc1. The quantitative estimate of drug-likeness (QED) is 0.558. The average Bonchev–Trinajstić information content (AvgIpc) is 3.48. The molecule has 1 saturated carbocycles. The predicted molar refractivity (Wildman–Crippen MR) is 127 cm³/mol. The second kappa shape index (κ2) is 8.75. The minimum absolute atomic E-state index is 0.110. The molecule has 5 rings (SSSR count). The normalized spacial score (nSPS) is 21.2. The van der Waals surface area contributed by atoms with Crippen molar-refractivity contribution in [2.24, 2.45) is 0 Å². The molecule has 1 fully saturated rings. The molecule has 0 saturated heterocycles. The largest absolute Gasteiger partial charge is 0.463 e. The summed E-state index contributed by atoms with van der Waals surface area (Å²) in [4.78, 5) is 29.2. The number of hydrogen-bond acceptors (Lipinski definition) is 3. The van der Waals surface area contributed by atoms with E-state index in [0.29, 0.717) is 29.6 Å². The summed E-state index contributed by atoms with van der Waals surface area (Å²) in [5.74, 6) is 0.395. The summed E-state index contributed by atoms with van der Waals surface area (Å²) in [5.41, 5.74) is 1.22. The van der Waals surface area contributed by atoms with Gasteiger partial charge in [0.1, 0.15) is 17.0 Å². The Bertz CT molecular complexity index is 1150. The summed E-state index contributed by atoms with van der Waals surface area (Å²) >= 11 is 6.06. The molecule has 6 nitrogen and oxygen atoms in total. The molecule has 172 valence electrons. The molecule has 33 heavy (non-hydrogen) atoms. The maximum absolute atomic E-state index is 13.8. The van der Waals surface area contributed by atoms with Gasteiger partial charge in [0.2, 0.25) is 5.91 Å². The van der Waals surface area contributed by atoms with Gasteiger partial charge in [-0.3, -0.25) is 9.59 Å². The van der Waals surface area contributed by atoms with Crippen molar-refractivity contribution in [3.05, 3.63) is 71.1 Å².